The summed E-state index contributed by atoms with van der Waals surface area (Å²) in [7, 11) is 0. The first-order chi connectivity index (χ1) is 10.2. The first kappa shape index (κ1) is 15.2. The van der Waals surface area contributed by atoms with Gasteiger partial charge in [-0.05, 0) is 24.3 Å². The number of pyridine rings is 1. The number of nitrogens with two attached hydrogens (primary N) is 1. The van der Waals surface area contributed by atoms with E-state index in [0.29, 0.717) is 24.7 Å². The molecule has 2 rings (SSSR count). The van der Waals surface area contributed by atoms with Crippen LogP contribution in [0.5, 0.6) is 5.75 Å². The summed E-state index contributed by atoms with van der Waals surface area (Å²) < 4.78 is 5.49. The number of thioether (sulfide) groups is 1. The molecule has 6 heteroatoms. The van der Waals surface area contributed by atoms with E-state index in [1.165, 1.54) is 11.8 Å². The summed E-state index contributed by atoms with van der Waals surface area (Å²) in [6, 6.07) is 13.1. The second kappa shape index (κ2) is 8.16. The van der Waals surface area contributed by atoms with Crippen molar-refractivity contribution in [1.29, 1.82) is 0 Å². The molecule has 3 N–H and O–H groups in total. The zero-order valence-electron chi connectivity index (χ0n) is 11.5. The number of nitrogens with zero attached hydrogens (tertiary/aromatic N) is 1. The van der Waals surface area contributed by atoms with Crippen molar-refractivity contribution in [2.24, 2.45) is 0 Å². The minimum atomic E-state index is -0.0338. The molecule has 1 amide bonds. The van der Waals surface area contributed by atoms with Gasteiger partial charge in [-0.15, -0.1) is 11.8 Å². The van der Waals surface area contributed by atoms with E-state index >= 15 is 0 Å². The van der Waals surface area contributed by atoms with E-state index < -0.39 is 0 Å². The zero-order valence-corrected chi connectivity index (χ0v) is 12.3. The molecular weight excluding hydrogens is 286 g/mol. The molecule has 2 aromatic rings. The van der Waals surface area contributed by atoms with Gasteiger partial charge in [0.2, 0.25) is 5.91 Å². The number of aromatic nitrogens is 1. The fourth-order valence-corrected chi connectivity index (χ4v) is 2.24. The Labute approximate surface area is 127 Å². The molecule has 0 unspecified atom stereocenters. The molecule has 110 valence electrons. The summed E-state index contributed by atoms with van der Waals surface area (Å²) in [5, 5.41) is 2.80. The number of ether oxygens (including phenoxy) is 1. The summed E-state index contributed by atoms with van der Waals surface area (Å²) in [5.74, 6) is 1.58. The maximum Gasteiger partial charge on any atom is 0.230 e. The molecule has 0 radical (unpaired) electrons. The molecule has 1 aromatic heterocycles. The number of nitrogens with one attached hydrogen (secondary N) is 1. The van der Waals surface area contributed by atoms with Gasteiger partial charge in [-0.1, -0.05) is 18.2 Å². The Bertz CT molecular complexity index is 561. The molecule has 5 nitrogen and oxygen atoms in total. The van der Waals surface area contributed by atoms with Gasteiger partial charge in [-0.25, -0.2) is 4.98 Å². The molecule has 1 aromatic carbocycles. The van der Waals surface area contributed by atoms with Crippen LogP contribution in [0.1, 0.15) is 0 Å². The first-order valence-corrected chi connectivity index (χ1v) is 7.51. The number of carbonyl (C=O) groups is 1. The van der Waals surface area contributed by atoms with E-state index in [1.807, 2.05) is 36.4 Å². The van der Waals surface area contributed by atoms with Crippen molar-refractivity contribution >= 4 is 23.5 Å². The van der Waals surface area contributed by atoms with E-state index in [2.05, 4.69) is 10.3 Å². The second-order valence-corrected chi connectivity index (χ2v) is 5.27. The van der Waals surface area contributed by atoms with Crippen LogP contribution >= 0.6 is 11.8 Å². The lowest BCUT2D eigenvalue weighted by Gasteiger charge is -2.07. The molecule has 0 spiro atoms. The van der Waals surface area contributed by atoms with Gasteiger partial charge in [0.05, 0.1) is 12.3 Å². The predicted molar refractivity (Wildman–Crippen MR) is 84.3 cm³/mol. The van der Waals surface area contributed by atoms with Crippen molar-refractivity contribution in [3.8, 4) is 5.75 Å². The molecule has 0 fully saturated rings. The molecule has 0 aliphatic heterocycles. The summed E-state index contributed by atoms with van der Waals surface area (Å²) in [4.78, 5) is 16.5. The molecule has 0 aliphatic carbocycles. The van der Waals surface area contributed by atoms with Crippen molar-refractivity contribution in [3.63, 3.8) is 0 Å². The number of nitrogen functional groups attached to an aromatic ring is 1. The van der Waals surface area contributed by atoms with Gasteiger partial charge in [0.15, 0.2) is 0 Å². The van der Waals surface area contributed by atoms with Gasteiger partial charge in [0, 0.05) is 11.1 Å². The van der Waals surface area contributed by atoms with Crippen molar-refractivity contribution in [2.45, 2.75) is 4.90 Å². The molecule has 1 heterocycles. The third-order valence-electron chi connectivity index (χ3n) is 2.57. The number of benzene rings is 1. The summed E-state index contributed by atoms with van der Waals surface area (Å²) >= 11 is 1.42. The van der Waals surface area contributed by atoms with Crippen LogP contribution in [-0.2, 0) is 4.79 Å². The number of para-hydroxylation sites is 1. The van der Waals surface area contributed by atoms with Crippen LogP contribution in [-0.4, -0.2) is 29.8 Å². The maximum atomic E-state index is 11.7. The molecular formula is C15H17N3O2S. The van der Waals surface area contributed by atoms with Crippen molar-refractivity contribution in [3.05, 3.63) is 48.7 Å². The van der Waals surface area contributed by atoms with Gasteiger partial charge in [-0.3, -0.25) is 4.79 Å². The van der Waals surface area contributed by atoms with Gasteiger partial charge < -0.3 is 15.8 Å². The highest BCUT2D eigenvalue weighted by Gasteiger charge is 2.03. The SMILES string of the molecule is Nc1ccc(SCC(=O)NCCOc2ccccc2)cn1. The van der Waals surface area contributed by atoms with E-state index in [1.54, 1.807) is 12.3 Å². The lowest BCUT2D eigenvalue weighted by Crippen LogP contribution is -2.29. The third-order valence-corrected chi connectivity index (χ3v) is 3.55. The highest BCUT2D eigenvalue weighted by molar-refractivity contribution is 8.00. The number of rotatable bonds is 7. The van der Waals surface area contributed by atoms with Crippen molar-refractivity contribution < 1.29 is 9.53 Å². The Morgan fingerprint density at radius 2 is 2.05 bits per heavy atom. The fourth-order valence-electron chi connectivity index (χ4n) is 1.55. The Kier molecular flexibility index (Phi) is 5.90. The van der Waals surface area contributed by atoms with Crippen LogP contribution in [0.25, 0.3) is 0 Å². The highest BCUT2D eigenvalue weighted by Crippen LogP contribution is 2.16. The van der Waals surface area contributed by atoms with Gasteiger partial charge in [-0.2, -0.15) is 0 Å². The van der Waals surface area contributed by atoms with Crippen LogP contribution in [0.15, 0.2) is 53.6 Å². The van der Waals surface area contributed by atoms with E-state index in [9.17, 15) is 4.79 Å². The Morgan fingerprint density at radius 1 is 1.24 bits per heavy atom. The second-order valence-electron chi connectivity index (χ2n) is 4.22. The summed E-state index contributed by atoms with van der Waals surface area (Å²) in [5.41, 5.74) is 5.50. The van der Waals surface area contributed by atoms with Crippen LogP contribution < -0.4 is 15.8 Å². The van der Waals surface area contributed by atoms with Crippen LogP contribution in [0.4, 0.5) is 5.82 Å². The summed E-state index contributed by atoms with van der Waals surface area (Å²) in [6.07, 6.45) is 1.66. The van der Waals surface area contributed by atoms with E-state index in [-0.39, 0.29) is 5.91 Å². The predicted octanol–water partition coefficient (Wildman–Crippen LogP) is 1.95. The monoisotopic (exact) mass is 303 g/mol. The Hall–Kier alpha value is -2.21. The quantitative estimate of drug-likeness (QED) is 0.604. The van der Waals surface area contributed by atoms with Crippen molar-refractivity contribution in [2.75, 3.05) is 24.6 Å². The van der Waals surface area contributed by atoms with E-state index in [0.717, 1.165) is 10.6 Å². The van der Waals surface area contributed by atoms with Crippen molar-refractivity contribution in [1.82, 2.24) is 10.3 Å². The minimum Gasteiger partial charge on any atom is -0.492 e. The Morgan fingerprint density at radius 3 is 2.76 bits per heavy atom. The van der Waals surface area contributed by atoms with Crippen LogP contribution in [0.2, 0.25) is 0 Å². The molecule has 21 heavy (non-hydrogen) atoms. The molecule has 0 saturated carbocycles. The number of hydrogen-bond donors (Lipinski definition) is 2. The number of hydrogen-bond acceptors (Lipinski definition) is 5. The summed E-state index contributed by atoms with van der Waals surface area (Å²) in [6.45, 7) is 0.929. The molecule has 0 atom stereocenters. The minimum absolute atomic E-state index is 0.0338. The van der Waals surface area contributed by atoms with Gasteiger partial charge in [0.1, 0.15) is 18.2 Å². The lowest BCUT2D eigenvalue weighted by molar-refractivity contribution is -0.118. The van der Waals surface area contributed by atoms with Gasteiger partial charge in [0.25, 0.3) is 0 Å². The standard InChI is InChI=1S/C15H17N3O2S/c16-14-7-6-13(10-18-14)21-11-15(19)17-8-9-20-12-4-2-1-3-5-12/h1-7,10H,8-9,11H2,(H2,16,18)(H,17,19). The van der Waals surface area contributed by atoms with Gasteiger partial charge >= 0.3 is 0 Å². The zero-order chi connectivity index (χ0) is 14.9. The maximum absolute atomic E-state index is 11.7. The largest absolute Gasteiger partial charge is 0.492 e. The Balaban J connectivity index is 1.60. The molecule has 0 saturated heterocycles. The third kappa shape index (κ3) is 5.74. The molecule has 0 bridgehead atoms. The fraction of sp³-hybridized carbons (Fsp3) is 0.200. The average Bonchev–Trinajstić information content (AvgIpc) is 2.52. The van der Waals surface area contributed by atoms with Crippen LogP contribution in [0.3, 0.4) is 0 Å². The lowest BCUT2D eigenvalue weighted by atomic mass is 10.3. The smallest absolute Gasteiger partial charge is 0.230 e. The van der Waals surface area contributed by atoms with Crippen LogP contribution in [0, 0.1) is 0 Å². The topological polar surface area (TPSA) is 77.2 Å². The average molecular weight is 303 g/mol. The number of anilines is 1. The molecule has 0 aliphatic rings. The van der Waals surface area contributed by atoms with E-state index in [4.69, 9.17) is 10.5 Å². The first-order valence-electron chi connectivity index (χ1n) is 6.53. The normalized spacial score (nSPS) is 10.1. The highest BCUT2D eigenvalue weighted by atomic mass is 32.2. The number of carbonyl (C=O) groups excluding carboxylic acids is 1. The number of amides is 1.